The van der Waals surface area contributed by atoms with Crippen molar-refractivity contribution in [1.82, 2.24) is 0 Å². The number of benzene rings is 1. The highest BCUT2D eigenvalue weighted by Gasteiger charge is 2.18. The van der Waals surface area contributed by atoms with Gasteiger partial charge in [0, 0.05) is 6.04 Å². The van der Waals surface area contributed by atoms with Crippen molar-refractivity contribution in [2.24, 2.45) is 5.73 Å². The second kappa shape index (κ2) is 4.53. The van der Waals surface area contributed by atoms with E-state index in [1.54, 1.807) is 0 Å². The average Bonchev–Trinajstić information content (AvgIpc) is 1.96. The zero-order valence-corrected chi connectivity index (χ0v) is 10.5. The number of hydrogen-bond donors (Lipinski definition) is 2. The SMILES string of the molecule is Cc1cc(C)c(C(N)CS(=O)(=O)O)c(C)c1. The van der Waals surface area contributed by atoms with Gasteiger partial charge in [-0.2, -0.15) is 8.42 Å². The maximum absolute atomic E-state index is 10.8. The van der Waals surface area contributed by atoms with E-state index in [0.717, 1.165) is 22.3 Å². The maximum atomic E-state index is 10.8. The predicted octanol–water partition coefficient (Wildman–Crippen LogP) is 1.50. The molecule has 0 radical (unpaired) electrons. The standard InChI is InChI=1S/C11H17NO3S/c1-7-4-8(2)11(9(3)5-7)10(12)6-16(13,14)15/h4-5,10H,6,12H2,1-3H3,(H,13,14,15). The quantitative estimate of drug-likeness (QED) is 0.788. The Morgan fingerprint density at radius 1 is 1.25 bits per heavy atom. The van der Waals surface area contributed by atoms with Crippen molar-refractivity contribution in [3.63, 3.8) is 0 Å². The lowest BCUT2D eigenvalue weighted by molar-refractivity contribution is 0.477. The number of rotatable bonds is 3. The summed E-state index contributed by atoms with van der Waals surface area (Å²) in [5, 5.41) is 0. The van der Waals surface area contributed by atoms with Crippen LogP contribution in [0, 0.1) is 20.8 Å². The summed E-state index contributed by atoms with van der Waals surface area (Å²) >= 11 is 0. The molecule has 0 amide bonds. The first kappa shape index (κ1) is 13.2. The van der Waals surface area contributed by atoms with E-state index in [1.165, 1.54) is 0 Å². The van der Waals surface area contributed by atoms with E-state index in [-0.39, 0.29) is 0 Å². The molecule has 16 heavy (non-hydrogen) atoms. The van der Waals surface area contributed by atoms with E-state index >= 15 is 0 Å². The lowest BCUT2D eigenvalue weighted by atomic mass is 9.95. The van der Waals surface area contributed by atoms with Crippen molar-refractivity contribution in [3.05, 3.63) is 34.4 Å². The van der Waals surface area contributed by atoms with Gasteiger partial charge in [-0.15, -0.1) is 0 Å². The fraction of sp³-hybridized carbons (Fsp3) is 0.455. The molecule has 1 aromatic rings. The van der Waals surface area contributed by atoms with Crippen LogP contribution in [0.5, 0.6) is 0 Å². The minimum atomic E-state index is -4.04. The molecule has 0 aliphatic rings. The van der Waals surface area contributed by atoms with Crippen molar-refractivity contribution in [1.29, 1.82) is 0 Å². The first-order chi connectivity index (χ1) is 7.20. The van der Waals surface area contributed by atoms with Crippen molar-refractivity contribution >= 4 is 10.1 Å². The summed E-state index contributed by atoms with van der Waals surface area (Å²) < 4.78 is 30.3. The van der Waals surface area contributed by atoms with Crippen LogP contribution < -0.4 is 5.73 Å². The van der Waals surface area contributed by atoms with Crippen LogP contribution in [-0.2, 0) is 10.1 Å². The maximum Gasteiger partial charge on any atom is 0.266 e. The van der Waals surface area contributed by atoms with Gasteiger partial charge in [-0.25, -0.2) is 0 Å². The molecule has 0 saturated heterocycles. The number of aryl methyl sites for hydroxylation is 3. The van der Waals surface area contributed by atoms with E-state index in [0.29, 0.717) is 0 Å². The summed E-state index contributed by atoms with van der Waals surface area (Å²) in [7, 11) is -4.04. The summed E-state index contributed by atoms with van der Waals surface area (Å²) in [6.07, 6.45) is 0. The molecular formula is C11H17NO3S. The molecule has 1 aromatic carbocycles. The Balaban J connectivity index is 3.14. The fourth-order valence-corrected chi connectivity index (χ4v) is 2.71. The Morgan fingerprint density at radius 2 is 1.69 bits per heavy atom. The van der Waals surface area contributed by atoms with Gasteiger partial charge in [-0.1, -0.05) is 17.7 Å². The average molecular weight is 243 g/mol. The zero-order valence-electron chi connectivity index (χ0n) is 9.69. The van der Waals surface area contributed by atoms with Gasteiger partial charge in [0.1, 0.15) is 0 Å². The van der Waals surface area contributed by atoms with Crippen LogP contribution in [0.4, 0.5) is 0 Å². The molecule has 90 valence electrons. The molecule has 1 unspecified atom stereocenters. The molecule has 0 aromatic heterocycles. The van der Waals surface area contributed by atoms with E-state index in [9.17, 15) is 8.42 Å². The molecule has 0 heterocycles. The van der Waals surface area contributed by atoms with Crippen LogP contribution in [0.1, 0.15) is 28.3 Å². The summed E-state index contributed by atoms with van der Waals surface area (Å²) in [6.45, 7) is 5.75. The van der Waals surface area contributed by atoms with Gasteiger partial charge in [-0.05, 0) is 37.5 Å². The smallest absolute Gasteiger partial charge is 0.266 e. The molecule has 0 bridgehead atoms. The second-order valence-corrected chi connectivity index (χ2v) is 5.66. The highest BCUT2D eigenvalue weighted by molar-refractivity contribution is 7.85. The third-order valence-electron chi connectivity index (χ3n) is 2.50. The monoisotopic (exact) mass is 243 g/mol. The zero-order chi connectivity index (χ0) is 12.5. The van der Waals surface area contributed by atoms with Crippen LogP contribution in [0.2, 0.25) is 0 Å². The van der Waals surface area contributed by atoms with Crippen LogP contribution in [0.25, 0.3) is 0 Å². The van der Waals surface area contributed by atoms with Crippen LogP contribution in [0.3, 0.4) is 0 Å². The lowest BCUT2D eigenvalue weighted by Gasteiger charge is -2.17. The summed E-state index contributed by atoms with van der Waals surface area (Å²) in [6, 6.07) is 3.22. The van der Waals surface area contributed by atoms with Crippen molar-refractivity contribution in [2.75, 3.05) is 5.75 Å². The molecule has 5 heteroatoms. The Hall–Kier alpha value is -0.910. The fourth-order valence-electron chi connectivity index (χ4n) is 2.09. The van der Waals surface area contributed by atoms with Crippen LogP contribution in [0.15, 0.2) is 12.1 Å². The van der Waals surface area contributed by atoms with Gasteiger partial charge in [0.15, 0.2) is 0 Å². The summed E-state index contributed by atoms with van der Waals surface area (Å²) in [5.41, 5.74) is 9.60. The Labute approximate surface area is 96.2 Å². The summed E-state index contributed by atoms with van der Waals surface area (Å²) in [5.74, 6) is -0.447. The van der Waals surface area contributed by atoms with Gasteiger partial charge in [-0.3, -0.25) is 4.55 Å². The Bertz CT molecular complexity index is 471. The van der Waals surface area contributed by atoms with Crippen molar-refractivity contribution in [3.8, 4) is 0 Å². The third kappa shape index (κ3) is 3.30. The Morgan fingerprint density at radius 3 is 2.06 bits per heavy atom. The molecule has 3 N–H and O–H groups in total. The predicted molar refractivity (Wildman–Crippen MR) is 64.0 cm³/mol. The normalized spacial score (nSPS) is 13.8. The van der Waals surface area contributed by atoms with Gasteiger partial charge in [0.25, 0.3) is 10.1 Å². The van der Waals surface area contributed by atoms with Gasteiger partial charge < -0.3 is 5.73 Å². The number of nitrogens with two attached hydrogens (primary N) is 1. The number of hydrogen-bond acceptors (Lipinski definition) is 3. The highest BCUT2D eigenvalue weighted by atomic mass is 32.2. The van der Waals surface area contributed by atoms with E-state index in [2.05, 4.69) is 0 Å². The first-order valence-corrected chi connectivity index (χ1v) is 6.60. The molecular weight excluding hydrogens is 226 g/mol. The van der Waals surface area contributed by atoms with Crippen LogP contribution in [-0.4, -0.2) is 18.7 Å². The molecule has 0 aliphatic carbocycles. The topological polar surface area (TPSA) is 80.4 Å². The van der Waals surface area contributed by atoms with Crippen molar-refractivity contribution < 1.29 is 13.0 Å². The van der Waals surface area contributed by atoms with Crippen molar-refractivity contribution in [2.45, 2.75) is 26.8 Å². The second-order valence-electron chi connectivity index (χ2n) is 4.17. The van der Waals surface area contributed by atoms with Gasteiger partial charge >= 0.3 is 0 Å². The van der Waals surface area contributed by atoms with E-state index in [1.807, 2.05) is 32.9 Å². The molecule has 1 atom stereocenters. The van der Waals surface area contributed by atoms with Gasteiger partial charge in [0.2, 0.25) is 0 Å². The summed E-state index contributed by atoms with van der Waals surface area (Å²) in [4.78, 5) is 0. The largest absolute Gasteiger partial charge is 0.323 e. The lowest BCUT2D eigenvalue weighted by Crippen LogP contribution is -2.23. The highest BCUT2D eigenvalue weighted by Crippen LogP contribution is 2.22. The first-order valence-electron chi connectivity index (χ1n) is 4.99. The van der Waals surface area contributed by atoms with Gasteiger partial charge in [0.05, 0.1) is 5.75 Å². The molecule has 1 rings (SSSR count). The molecule has 0 saturated carbocycles. The minimum absolute atomic E-state index is 0.447. The molecule has 0 aliphatic heterocycles. The molecule has 0 fully saturated rings. The van der Waals surface area contributed by atoms with E-state index in [4.69, 9.17) is 10.3 Å². The van der Waals surface area contributed by atoms with E-state index < -0.39 is 21.9 Å². The third-order valence-corrected chi connectivity index (χ3v) is 3.28. The minimum Gasteiger partial charge on any atom is -0.323 e. The molecule has 0 spiro atoms. The van der Waals surface area contributed by atoms with Crippen LogP contribution >= 0.6 is 0 Å². The Kier molecular flexibility index (Phi) is 3.72. The molecule has 4 nitrogen and oxygen atoms in total.